The van der Waals surface area contributed by atoms with Crippen LogP contribution in [0.3, 0.4) is 0 Å². The van der Waals surface area contributed by atoms with Crippen molar-refractivity contribution in [1.82, 2.24) is 14.5 Å². The highest BCUT2D eigenvalue weighted by atomic mass is 32.1. The van der Waals surface area contributed by atoms with E-state index in [2.05, 4.69) is 9.97 Å². The van der Waals surface area contributed by atoms with Gasteiger partial charge in [0.25, 0.3) is 5.56 Å². The van der Waals surface area contributed by atoms with Crippen molar-refractivity contribution in [3.05, 3.63) is 81.1 Å². The quantitative estimate of drug-likeness (QED) is 0.588. The molecule has 7 heteroatoms. The van der Waals surface area contributed by atoms with Crippen molar-refractivity contribution in [2.24, 2.45) is 0 Å². The maximum absolute atomic E-state index is 13.2. The van der Waals surface area contributed by atoms with Gasteiger partial charge in [0.15, 0.2) is 5.82 Å². The molecule has 6 nitrogen and oxygen atoms in total. The van der Waals surface area contributed by atoms with Gasteiger partial charge in [-0.05, 0) is 24.6 Å². The van der Waals surface area contributed by atoms with Gasteiger partial charge in [-0.2, -0.15) is 0 Å². The van der Waals surface area contributed by atoms with Crippen molar-refractivity contribution in [3.63, 3.8) is 0 Å². The molecule has 27 heavy (non-hydrogen) atoms. The molecule has 0 fully saturated rings. The number of carbonyl (C=O) groups is 1. The molecular weight excluding hydrogens is 362 g/mol. The van der Waals surface area contributed by atoms with E-state index in [0.29, 0.717) is 16.3 Å². The molecule has 0 spiro atoms. The zero-order valence-corrected chi connectivity index (χ0v) is 15.2. The summed E-state index contributed by atoms with van der Waals surface area (Å²) in [5.41, 5.74) is 2.22. The summed E-state index contributed by atoms with van der Waals surface area (Å²) in [6, 6.07) is 13.2. The third-order valence-corrected chi connectivity index (χ3v) is 5.15. The Morgan fingerprint density at radius 3 is 2.63 bits per heavy atom. The minimum Gasteiger partial charge on any atom is -0.478 e. The van der Waals surface area contributed by atoms with Crippen molar-refractivity contribution in [2.75, 3.05) is 0 Å². The number of aryl methyl sites for hydroxylation is 1. The predicted octanol–water partition coefficient (Wildman–Crippen LogP) is 3.57. The lowest BCUT2D eigenvalue weighted by Crippen LogP contribution is -2.25. The van der Waals surface area contributed by atoms with Gasteiger partial charge in [0.1, 0.15) is 10.5 Å². The van der Waals surface area contributed by atoms with Gasteiger partial charge in [0.2, 0.25) is 0 Å². The van der Waals surface area contributed by atoms with E-state index in [1.807, 2.05) is 37.3 Å². The number of benzene rings is 1. The van der Waals surface area contributed by atoms with Gasteiger partial charge in [-0.15, -0.1) is 11.3 Å². The molecule has 3 aromatic heterocycles. The number of hydrogen-bond donors (Lipinski definition) is 1. The molecule has 134 valence electrons. The summed E-state index contributed by atoms with van der Waals surface area (Å²) >= 11 is 1.15. The van der Waals surface area contributed by atoms with Crippen LogP contribution in [0.4, 0.5) is 0 Å². The van der Waals surface area contributed by atoms with Crippen LogP contribution in [-0.4, -0.2) is 25.6 Å². The Morgan fingerprint density at radius 1 is 1.19 bits per heavy atom. The van der Waals surface area contributed by atoms with Crippen molar-refractivity contribution in [2.45, 2.75) is 13.5 Å². The second kappa shape index (κ2) is 6.77. The fraction of sp³-hybridized carbons (Fsp3) is 0.100. The number of rotatable bonds is 4. The number of hydrogen-bond acceptors (Lipinski definition) is 5. The molecule has 0 atom stereocenters. The molecule has 0 saturated carbocycles. The monoisotopic (exact) mass is 377 g/mol. The number of fused-ring (bicyclic) bond motifs is 1. The van der Waals surface area contributed by atoms with E-state index in [1.54, 1.807) is 18.3 Å². The number of aromatic nitrogens is 3. The van der Waals surface area contributed by atoms with Crippen LogP contribution >= 0.6 is 11.3 Å². The van der Waals surface area contributed by atoms with Gasteiger partial charge in [-0.3, -0.25) is 14.3 Å². The largest absolute Gasteiger partial charge is 0.478 e. The Balaban J connectivity index is 1.98. The number of pyridine rings is 1. The molecule has 0 aliphatic heterocycles. The lowest BCUT2D eigenvalue weighted by molar-refractivity contribution is 0.0699. The second-order valence-electron chi connectivity index (χ2n) is 6.16. The number of carboxylic acids is 1. The number of thiophene rings is 1. The normalized spacial score (nSPS) is 11.0. The van der Waals surface area contributed by atoms with Crippen LogP contribution in [0.2, 0.25) is 0 Å². The molecule has 4 aromatic rings. The van der Waals surface area contributed by atoms with E-state index in [1.165, 1.54) is 9.95 Å². The molecule has 1 N–H and O–H groups in total. The van der Waals surface area contributed by atoms with E-state index >= 15 is 0 Å². The van der Waals surface area contributed by atoms with E-state index < -0.39 is 5.97 Å². The summed E-state index contributed by atoms with van der Waals surface area (Å²) in [6.07, 6.45) is 1.64. The minimum atomic E-state index is -1.13. The fourth-order valence-electron chi connectivity index (χ4n) is 2.90. The van der Waals surface area contributed by atoms with Gasteiger partial charge in [0, 0.05) is 11.6 Å². The smallest absolute Gasteiger partial charge is 0.337 e. The van der Waals surface area contributed by atoms with Crippen molar-refractivity contribution >= 4 is 27.5 Å². The molecule has 4 rings (SSSR count). The van der Waals surface area contributed by atoms with Crippen molar-refractivity contribution in [3.8, 4) is 11.5 Å². The van der Waals surface area contributed by atoms with Crippen LogP contribution in [0.1, 0.15) is 21.5 Å². The van der Waals surface area contributed by atoms with E-state index in [0.717, 1.165) is 22.5 Å². The molecule has 0 aliphatic rings. The number of nitrogens with zero attached hydrogens (tertiary/aromatic N) is 3. The topological polar surface area (TPSA) is 85.1 Å². The molecule has 0 saturated heterocycles. The maximum atomic E-state index is 13.2. The Bertz CT molecular complexity index is 1200. The summed E-state index contributed by atoms with van der Waals surface area (Å²) < 4.78 is 1.49. The zero-order chi connectivity index (χ0) is 19.0. The highest BCUT2D eigenvalue weighted by Gasteiger charge is 2.20. The average molecular weight is 377 g/mol. The maximum Gasteiger partial charge on any atom is 0.337 e. The Kier molecular flexibility index (Phi) is 4.29. The van der Waals surface area contributed by atoms with Gasteiger partial charge >= 0.3 is 5.97 Å². The first-order valence-electron chi connectivity index (χ1n) is 8.27. The number of aromatic carboxylic acids is 1. The van der Waals surface area contributed by atoms with Gasteiger partial charge in [-0.1, -0.05) is 35.9 Å². The van der Waals surface area contributed by atoms with Gasteiger partial charge < -0.3 is 5.11 Å². The Hall–Kier alpha value is -3.32. The summed E-state index contributed by atoms with van der Waals surface area (Å²) in [6.45, 7) is 2.27. The van der Waals surface area contributed by atoms with Crippen LogP contribution in [0, 0.1) is 6.92 Å². The standard InChI is InChI=1S/C20H15N3O3S/c1-12-5-7-13(8-6-12)10-23-17(15-4-2-3-9-21-15)22-18-16(19(23)24)14(11-27-18)20(25)26/h2-9,11H,10H2,1H3,(H,25,26). The van der Waals surface area contributed by atoms with E-state index in [-0.39, 0.29) is 23.1 Å². The molecular formula is C20H15N3O3S. The SMILES string of the molecule is Cc1ccc(Cn2c(-c3ccccn3)nc3scc(C(=O)O)c3c2=O)cc1. The molecule has 1 aromatic carbocycles. The lowest BCUT2D eigenvalue weighted by Gasteiger charge is -2.12. The summed E-state index contributed by atoms with van der Waals surface area (Å²) in [5.74, 6) is -0.708. The number of carboxylic acid groups (broad SMARTS) is 1. The molecule has 0 aliphatic carbocycles. The van der Waals surface area contributed by atoms with Gasteiger partial charge in [-0.25, -0.2) is 9.78 Å². The molecule has 0 unspecified atom stereocenters. The van der Waals surface area contributed by atoms with Crippen LogP contribution < -0.4 is 5.56 Å². The third-order valence-electron chi connectivity index (χ3n) is 4.28. The van der Waals surface area contributed by atoms with Crippen LogP contribution in [0.5, 0.6) is 0 Å². The zero-order valence-electron chi connectivity index (χ0n) is 14.4. The van der Waals surface area contributed by atoms with Crippen molar-refractivity contribution in [1.29, 1.82) is 0 Å². The molecule has 0 amide bonds. The summed E-state index contributed by atoms with van der Waals surface area (Å²) in [4.78, 5) is 34.0. The molecule has 0 bridgehead atoms. The lowest BCUT2D eigenvalue weighted by atomic mass is 10.1. The Morgan fingerprint density at radius 2 is 1.96 bits per heavy atom. The molecule has 3 heterocycles. The summed E-state index contributed by atoms with van der Waals surface area (Å²) in [7, 11) is 0. The highest BCUT2D eigenvalue weighted by molar-refractivity contribution is 7.17. The summed E-state index contributed by atoms with van der Waals surface area (Å²) in [5, 5.41) is 11.0. The van der Waals surface area contributed by atoms with Crippen LogP contribution in [0.15, 0.2) is 58.8 Å². The fourth-order valence-corrected chi connectivity index (χ4v) is 3.80. The first-order chi connectivity index (χ1) is 13.0. The predicted molar refractivity (Wildman–Crippen MR) is 104 cm³/mol. The van der Waals surface area contributed by atoms with E-state index in [9.17, 15) is 14.7 Å². The minimum absolute atomic E-state index is 0.0160. The second-order valence-corrected chi connectivity index (χ2v) is 7.02. The third kappa shape index (κ3) is 3.13. The van der Waals surface area contributed by atoms with E-state index in [4.69, 9.17) is 0 Å². The van der Waals surface area contributed by atoms with Crippen molar-refractivity contribution < 1.29 is 9.90 Å². The van der Waals surface area contributed by atoms with Crippen LogP contribution in [0.25, 0.3) is 21.7 Å². The first-order valence-corrected chi connectivity index (χ1v) is 9.15. The average Bonchev–Trinajstić information content (AvgIpc) is 3.11. The Labute approximate surface area is 158 Å². The van der Waals surface area contributed by atoms with Gasteiger partial charge in [0.05, 0.1) is 17.5 Å². The first kappa shape index (κ1) is 17.1. The molecule has 0 radical (unpaired) electrons. The van der Waals surface area contributed by atoms with Crippen LogP contribution in [-0.2, 0) is 6.54 Å². The highest BCUT2D eigenvalue weighted by Crippen LogP contribution is 2.25.